The van der Waals surface area contributed by atoms with Gasteiger partial charge in [-0.3, -0.25) is 9.59 Å². The Morgan fingerprint density at radius 3 is 2.64 bits per heavy atom. The third-order valence-corrected chi connectivity index (χ3v) is 6.32. The number of aromatic amines is 2. The second kappa shape index (κ2) is 9.91. The number of nitrogens with zero attached hydrogens (tertiary/aromatic N) is 3. The fraction of sp³-hybridized carbons (Fsp3) is 0.179. The highest BCUT2D eigenvalue weighted by atomic mass is 19.4. The predicted octanol–water partition coefficient (Wildman–Crippen LogP) is 5.15. The maximum atomic E-state index is 13.8. The molecule has 0 unspecified atom stereocenters. The van der Waals surface area contributed by atoms with E-state index in [2.05, 4.69) is 20.3 Å². The number of aryl methyl sites for hydroxylation is 1. The van der Waals surface area contributed by atoms with Gasteiger partial charge in [0.15, 0.2) is 0 Å². The van der Waals surface area contributed by atoms with Crippen molar-refractivity contribution in [1.82, 2.24) is 24.4 Å². The number of H-pyrrole nitrogens is 2. The Balaban J connectivity index is 1.60. The van der Waals surface area contributed by atoms with E-state index in [9.17, 15) is 22.8 Å². The lowest BCUT2D eigenvalue weighted by Gasteiger charge is -2.13. The molecule has 0 saturated carbocycles. The zero-order valence-corrected chi connectivity index (χ0v) is 21.3. The van der Waals surface area contributed by atoms with E-state index in [1.165, 1.54) is 22.9 Å². The monoisotopic (exact) mass is 534 g/mol. The highest BCUT2D eigenvalue weighted by Crippen LogP contribution is 2.37. The van der Waals surface area contributed by atoms with Crippen molar-refractivity contribution >= 4 is 33.5 Å². The topological polar surface area (TPSA) is 98.8 Å². The van der Waals surface area contributed by atoms with Gasteiger partial charge in [0, 0.05) is 77.6 Å². The highest BCUT2D eigenvalue weighted by Gasteiger charge is 2.31. The molecule has 0 aliphatic carbocycles. The van der Waals surface area contributed by atoms with Crippen molar-refractivity contribution in [1.29, 1.82) is 0 Å². The molecule has 0 fully saturated rings. The van der Waals surface area contributed by atoms with Crippen molar-refractivity contribution in [2.75, 3.05) is 26.0 Å². The number of hydrogen-bond acceptors (Lipinski definition) is 4. The van der Waals surface area contributed by atoms with Gasteiger partial charge in [0.2, 0.25) is 5.91 Å². The molecule has 3 N–H and O–H groups in total. The first-order valence-corrected chi connectivity index (χ1v) is 12.0. The summed E-state index contributed by atoms with van der Waals surface area (Å²) in [5.41, 5.74) is 2.12. The molecule has 200 valence electrons. The molecule has 4 heterocycles. The molecule has 0 spiro atoms. The van der Waals surface area contributed by atoms with Gasteiger partial charge in [0.1, 0.15) is 11.2 Å². The Labute approximate surface area is 220 Å². The zero-order valence-electron chi connectivity index (χ0n) is 21.3. The Bertz CT molecular complexity index is 1790. The Morgan fingerprint density at radius 2 is 1.90 bits per heavy atom. The minimum absolute atomic E-state index is 0.0146. The molecule has 39 heavy (non-hydrogen) atoms. The number of rotatable bonds is 6. The number of pyridine rings is 2. The van der Waals surface area contributed by atoms with E-state index in [0.29, 0.717) is 28.7 Å². The van der Waals surface area contributed by atoms with Crippen LogP contribution >= 0.6 is 0 Å². The Hall–Kier alpha value is -4.64. The second-order valence-electron chi connectivity index (χ2n) is 9.50. The maximum Gasteiger partial charge on any atom is 0.416 e. The molecule has 0 saturated heterocycles. The van der Waals surface area contributed by atoms with E-state index in [-0.39, 0.29) is 16.8 Å². The molecule has 5 rings (SSSR count). The first-order chi connectivity index (χ1) is 18.5. The smallest absolute Gasteiger partial charge is 0.357 e. The number of anilines is 1. The molecule has 4 aromatic heterocycles. The van der Waals surface area contributed by atoms with Gasteiger partial charge in [-0.2, -0.15) is 13.2 Å². The average Bonchev–Trinajstić information content (AvgIpc) is 3.53. The van der Waals surface area contributed by atoms with Gasteiger partial charge in [-0.1, -0.05) is 6.08 Å². The van der Waals surface area contributed by atoms with Gasteiger partial charge in [-0.05, 0) is 50.0 Å². The van der Waals surface area contributed by atoms with Gasteiger partial charge in [0.05, 0.1) is 5.56 Å². The molecular weight excluding hydrogens is 509 g/mol. The van der Waals surface area contributed by atoms with E-state index in [0.717, 1.165) is 28.6 Å². The predicted molar refractivity (Wildman–Crippen MR) is 145 cm³/mol. The van der Waals surface area contributed by atoms with Crippen LogP contribution in [0.15, 0.2) is 72.1 Å². The first-order valence-electron chi connectivity index (χ1n) is 12.0. The molecule has 8 nitrogen and oxygen atoms in total. The number of hydrogen-bond donors (Lipinski definition) is 3. The summed E-state index contributed by atoms with van der Waals surface area (Å²) in [7, 11) is 5.32. The summed E-state index contributed by atoms with van der Waals surface area (Å²) in [6, 6.07) is 6.97. The number of carbonyl (C=O) groups is 1. The van der Waals surface area contributed by atoms with Crippen molar-refractivity contribution < 1.29 is 18.0 Å². The van der Waals surface area contributed by atoms with Crippen LogP contribution in [0.5, 0.6) is 0 Å². The van der Waals surface area contributed by atoms with Crippen molar-refractivity contribution in [3.05, 3.63) is 83.2 Å². The van der Waals surface area contributed by atoms with Crippen molar-refractivity contribution in [2.24, 2.45) is 7.05 Å². The van der Waals surface area contributed by atoms with Gasteiger partial charge >= 0.3 is 6.18 Å². The van der Waals surface area contributed by atoms with Crippen LogP contribution < -0.4 is 10.9 Å². The number of carbonyl (C=O) groups excluding carboxylic acids is 1. The molecule has 1 amide bonds. The summed E-state index contributed by atoms with van der Waals surface area (Å²) in [6.45, 7) is 0.510. The lowest BCUT2D eigenvalue weighted by atomic mass is 9.99. The third kappa shape index (κ3) is 5.21. The zero-order chi connectivity index (χ0) is 27.9. The summed E-state index contributed by atoms with van der Waals surface area (Å²) >= 11 is 0. The number of likely N-dealkylation sites (N-methyl/N-ethyl adjacent to an activating group) is 1. The summed E-state index contributed by atoms with van der Waals surface area (Å²) in [6.07, 6.45) is 4.92. The lowest BCUT2D eigenvalue weighted by Crippen LogP contribution is -2.16. The standard InChI is InChI=1S/C28H25F3N6O2/c1-36(2)8-4-5-24(38)35-19-10-16(9-18(12-19)28(29,30)31)17-11-21-22(14-34-26(21)33-13-17)23-15-37(3)27(39)25-20(23)6-7-32-25/h4-7,9-15,32H,8H2,1-3H3,(H,33,34)(H,35,38)/b5-4+. The van der Waals surface area contributed by atoms with Gasteiger partial charge in [-0.15, -0.1) is 0 Å². The number of nitrogens with one attached hydrogen (secondary N) is 3. The molecule has 0 bridgehead atoms. The third-order valence-electron chi connectivity index (χ3n) is 6.32. The van der Waals surface area contributed by atoms with E-state index < -0.39 is 17.6 Å². The number of fused-ring (bicyclic) bond motifs is 2. The summed E-state index contributed by atoms with van der Waals surface area (Å²) < 4.78 is 42.8. The average molecular weight is 535 g/mol. The number of alkyl halides is 3. The van der Waals surface area contributed by atoms with Crippen LogP contribution in [-0.2, 0) is 18.0 Å². The molecule has 1 aromatic carbocycles. The molecule has 0 radical (unpaired) electrons. The first kappa shape index (κ1) is 26.0. The normalized spacial score (nSPS) is 12.3. The molecule has 0 aliphatic rings. The lowest BCUT2D eigenvalue weighted by molar-refractivity contribution is -0.137. The number of aromatic nitrogens is 4. The van der Waals surface area contributed by atoms with Gasteiger partial charge in [-0.25, -0.2) is 4.98 Å². The molecule has 5 aromatic rings. The number of benzene rings is 1. The second-order valence-corrected chi connectivity index (χ2v) is 9.50. The van der Waals surface area contributed by atoms with Crippen LogP contribution in [-0.4, -0.2) is 51.0 Å². The highest BCUT2D eigenvalue weighted by molar-refractivity contribution is 6.04. The Kier molecular flexibility index (Phi) is 6.61. The maximum absolute atomic E-state index is 13.8. The van der Waals surface area contributed by atoms with Crippen LogP contribution in [0.1, 0.15) is 5.56 Å². The summed E-state index contributed by atoms with van der Waals surface area (Å²) in [4.78, 5) is 37.2. The number of amides is 1. The Morgan fingerprint density at radius 1 is 1.10 bits per heavy atom. The van der Waals surface area contributed by atoms with E-state index in [1.54, 1.807) is 43.8 Å². The SMILES string of the molecule is CN(C)C/C=C/C(=O)Nc1cc(-c2cnc3[nH]cc(-c4cn(C)c(=O)c5[nH]ccc45)c3c2)cc(C(F)(F)F)c1. The fourth-order valence-corrected chi connectivity index (χ4v) is 4.45. The van der Waals surface area contributed by atoms with Crippen LogP contribution in [0.3, 0.4) is 0 Å². The number of halogens is 3. The van der Waals surface area contributed by atoms with E-state index >= 15 is 0 Å². The molecule has 0 aliphatic heterocycles. The quantitative estimate of drug-likeness (QED) is 0.262. The molecule has 0 atom stereocenters. The van der Waals surface area contributed by atoms with Gasteiger partial charge < -0.3 is 24.8 Å². The van der Waals surface area contributed by atoms with Crippen molar-refractivity contribution in [3.63, 3.8) is 0 Å². The largest absolute Gasteiger partial charge is 0.416 e. The van der Waals surface area contributed by atoms with Crippen LogP contribution in [0, 0.1) is 0 Å². The fourth-order valence-electron chi connectivity index (χ4n) is 4.45. The summed E-state index contributed by atoms with van der Waals surface area (Å²) in [5.74, 6) is -0.533. The van der Waals surface area contributed by atoms with Crippen LogP contribution in [0.2, 0.25) is 0 Å². The van der Waals surface area contributed by atoms with Crippen LogP contribution in [0.25, 0.3) is 44.2 Å². The van der Waals surface area contributed by atoms with Gasteiger partial charge in [0.25, 0.3) is 5.56 Å². The van der Waals surface area contributed by atoms with Crippen molar-refractivity contribution in [3.8, 4) is 22.3 Å². The molecular formula is C28H25F3N6O2. The molecule has 11 heteroatoms. The van der Waals surface area contributed by atoms with E-state index in [4.69, 9.17) is 0 Å². The van der Waals surface area contributed by atoms with E-state index in [1.807, 2.05) is 19.0 Å². The minimum atomic E-state index is -4.62. The van der Waals surface area contributed by atoms with Crippen molar-refractivity contribution in [2.45, 2.75) is 6.18 Å². The summed E-state index contributed by atoms with van der Waals surface area (Å²) in [5, 5.41) is 3.92. The minimum Gasteiger partial charge on any atom is -0.357 e. The van der Waals surface area contributed by atoms with Crippen LogP contribution in [0.4, 0.5) is 18.9 Å².